The van der Waals surface area contributed by atoms with Crippen LogP contribution < -0.4 is 4.74 Å². The first-order valence-corrected chi connectivity index (χ1v) is 10.7. The van der Waals surface area contributed by atoms with Crippen molar-refractivity contribution in [3.05, 3.63) is 64.7 Å². The molecule has 1 aliphatic rings. The molecule has 0 spiro atoms. The fourth-order valence-corrected chi connectivity index (χ4v) is 4.68. The summed E-state index contributed by atoms with van der Waals surface area (Å²) < 4.78 is 33.0. The monoisotopic (exact) mass is 430 g/mol. The molecule has 1 aliphatic heterocycles. The fourth-order valence-electron chi connectivity index (χ4n) is 3.72. The highest BCUT2D eigenvalue weighted by atomic mass is 32.1. The van der Waals surface area contributed by atoms with E-state index in [2.05, 4.69) is 26.9 Å². The maximum atomic E-state index is 14.0. The van der Waals surface area contributed by atoms with E-state index in [1.807, 2.05) is 0 Å². The van der Waals surface area contributed by atoms with Gasteiger partial charge in [0, 0.05) is 43.9 Å². The molecule has 4 rings (SSSR count). The number of hydrogen-bond acceptors (Lipinski definition) is 6. The Hall–Kier alpha value is -2.42. The summed E-state index contributed by atoms with van der Waals surface area (Å²) in [6, 6.07) is 11.4. The molecule has 0 radical (unpaired) electrons. The molecule has 30 heavy (non-hydrogen) atoms. The summed E-state index contributed by atoms with van der Waals surface area (Å²) in [6.07, 6.45) is 0. The van der Waals surface area contributed by atoms with Gasteiger partial charge in [-0.05, 0) is 37.3 Å². The largest absolute Gasteiger partial charge is 0.496 e. The number of piperazine rings is 1. The van der Waals surface area contributed by atoms with Gasteiger partial charge in [0.25, 0.3) is 0 Å². The van der Waals surface area contributed by atoms with E-state index in [1.165, 1.54) is 23.5 Å². The second-order valence-corrected chi connectivity index (χ2v) is 8.38. The third-order valence-electron chi connectivity index (χ3n) is 5.49. The first kappa shape index (κ1) is 20.8. The fraction of sp³-hybridized carbons (Fsp3) is 0.364. The predicted molar refractivity (Wildman–Crippen MR) is 114 cm³/mol. The standard InChI is InChI=1S/C22H24F2N4OS/c1-15(21-25-26-22(30-21)18-5-3-4-6-19(18)24)28-11-9-27(10-12-28)14-16-13-17(23)7-8-20(16)29-2/h3-8,13,15H,9-12,14H2,1-2H3/t15-/m1/s1. The third-order valence-corrected chi connectivity index (χ3v) is 6.62. The maximum Gasteiger partial charge on any atom is 0.150 e. The van der Waals surface area contributed by atoms with Crippen LogP contribution in [-0.4, -0.2) is 53.3 Å². The number of rotatable bonds is 6. The average molecular weight is 431 g/mol. The number of methoxy groups -OCH3 is 1. The smallest absolute Gasteiger partial charge is 0.150 e. The Bertz CT molecular complexity index is 1000. The van der Waals surface area contributed by atoms with E-state index in [9.17, 15) is 8.78 Å². The van der Waals surface area contributed by atoms with Gasteiger partial charge in [-0.2, -0.15) is 0 Å². The minimum atomic E-state index is -0.283. The van der Waals surface area contributed by atoms with Gasteiger partial charge < -0.3 is 4.74 Å². The summed E-state index contributed by atoms with van der Waals surface area (Å²) >= 11 is 1.44. The van der Waals surface area contributed by atoms with E-state index >= 15 is 0 Å². The Morgan fingerprint density at radius 1 is 1.07 bits per heavy atom. The molecule has 3 aromatic rings. The van der Waals surface area contributed by atoms with E-state index in [0.29, 0.717) is 22.9 Å². The van der Waals surface area contributed by atoms with Gasteiger partial charge in [-0.15, -0.1) is 10.2 Å². The van der Waals surface area contributed by atoms with Crippen LogP contribution in [0.25, 0.3) is 10.6 Å². The van der Waals surface area contributed by atoms with Crippen LogP contribution in [-0.2, 0) is 6.54 Å². The summed E-state index contributed by atoms with van der Waals surface area (Å²) in [6.45, 7) is 6.23. The first-order chi connectivity index (χ1) is 14.5. The zero-order chi connectivity index (χ0) is 21.1. The zero-order valence-corrected chi connectivity index (χ0v) is 17.8. The van der Waals surface area contributed by atoms with Gasteiger partial charge in [0.2, 0.25) is 0 Å². The van der Waals surface area contributed by atoms with Crippen LogP contribution >= 0.6 is 11.3 Å². The van der Waals surface area contributed by atoms with E-state index in [0.717, 1.165) is 36.8 Å². The van der Waals surface area contributed by atoms with Crippen molar-refractivity contribution < 1.29 is 13.5 Å². The van der Waals surface area contributed by atoms with Crippen LogP contribution in [0.4, 0.5) is 8.78 Å². The van der Waals surface area contributed by atoms with Gasteiger partial charge in [0.15, 0.2) is 5.01 Å². The number of hydrogen-bond donors (Lipinski definition) is 0. The Balaban J connectivity index is 1.38. The Labute approximate surface area is 178 Å². The van der Waals surface area contributed by atoms with Gasteiger partial charge in [-0.3, -0.25) is 9.80 Å². The van der Waals surface area contributed by atoms with Crippen molar-refractivity contribution in [1.82, 2.24) is 20.0 Å². The highest BCUT2D eigenvalue weighted by Gasteiger charge is 2.25. The average Bonchev–Trinajstić information content (AvgIpc) is 3.24. The van der Waals surface area contributed by atoms with E-state index in [1.54, 1.807) is 37.4 Å². The van der Waals surface area contributed by atoms with E-state index in [-0.39, 0.29) is 17.7 Å². The lowest BCUT2D eigenvalue weighted by Gasteiger charge is -2.37. The van der Waals surface area contributed by atoms with Crippen LogP contribution in [0.2, 0.25) is 0 Å². The number of aromatic nitrogens is 2. The first-order valence-electron chi connectivity index (χ1n) is 9.92. The van der Waals surface area contributed by atoms with Crippen LogP contribution in [0, 0.1) is 11.6 Å². The number of benzene rings is 2. The second kappa shape index (κ2) is 9.16. The SMILES string of the molecule is COc1ccc(F)cc1CN1CCN([C@H](C)c2nnc(-c3ccccc3F)s2)CC1. The van der Waals surface area contributed by atoms with Crippen molar-refractivity contribution in [2.45, 2.75) is 19.5 Å². The molecular formula is C22H24F2N4OS. The molecule has 0 saturated carbocycles. The minimum Gasteiger partial charge on any atom is -0.496 e. The Morgan fingerprint density at radius 3 is 2.57 bits per heavy atom. The van der Waals surface area contributed by atoms with Gasteiger partial charge in [0.05, 0.1) is 13.2 Å². The molecule has 1 atom stereocenters. The van der Waals surface area contributed by atoms with Gasteiger partial charge >= 0.3 is 0 Å². The molecule has 0 unspecified atom stereocenters. The third kappa shape index (κ3) is 4.50. The molecule has 1 aromatic heterocycles. The van der Waals surface area contributed by atoms with Crippen LogP contribution in [0.1, 0.15) is 23.5 Å². The summed E-state index contributed by atoms with van der Waals surface area (Å²) in [5.74, 6) is 0.177. The van der Waals surface area contributed by atoms with Crippen LogP contribution in [0.3, 0.4) is 0 Å². The van der Waals surface area contributed by atoms with Crippen LogP contribution in [0.15, 0.2) is 42.5 Å². The van der Waals surface area contributed by atoms with E-state index in [4.69, 9.17) is 4.74 Å². The Morgan fingerprint density at radius 2 is 1.83 bits per heavy atom. The highest BCUT2D eigenvalue weighted by molar-refractivity contribution is 7.14. The van der Waals surface area contributed by atoms with Crippen molar-refractivity contribution in [3.63, 3.8) is 0 Å². The molecule has 0 N–H and O–H groups in total. The lowest BCUT2D eigenvalue weighted by Crippen LogP contribution is -2.46. The molecule has 2 aromatic carbocycles. The molecule has 1 saturated heterocycles. The summed E-state index contributed by atoms with van der Waals surface area (Å²) in [4.78, 5) is 4.65. The van der Waals surface area contributed by atoms with Gasteiger partial charge in [-0.1, -0.05) is 23.5 Å². The molecular weight excluding hydrogens is 406 g/mol. The lowest BCUT2D eigenvalue weighted by molar-refractivity contribution is 0.0969. The van der Waals surface area contributed by atoms with Crippen molar-refractivity contribution in [3.8, 4) is 16.3 Å². The van der Waals surface area contributed by atoms with Gasteiger partial charge in [-0.25, -0.2) is 8.78 Å². The summed E-state index contributed by atoms with van der Waals surface area (Å²) in [7, 11) is 1.61. The van der Waals surface area contributed by atoms with Crippen molar-refractivity contribution in [2.75, 3.05) is 33.3 Å². The predicted octanol–water partition coefficient (Wildman–Crippen LogP) is 4.37. The maximum absolute atomic E-state index is 14.0. The van der Waals surface area contributed by atoms with Crippen LogP contribution in [0.5, 0.6) is 5.75 Å². The number of ether oxygens (including phenoxy) is 1. The highest BCUT2D eigenvalue weighted by Crippen LogP contribution is 2.31. The molecule has 2 heterocycles. The number of halogens is 2. The zero-order valence-electron chi connectivity index (χ0n) is 17.0. The van der Waals surface area contributed by atoms with Gasteiger partial charge in [0.1, 0.15) is 22.4 Å². The molecule has 158 valence electrons. The molecule has 0 aliphatic carbocycles. The topological polar surface area (TPSA) is 41.5 Å². The normalized spacial score (nSPS) is 16.5. The molecule has 1 fully saturated rings. The second-order valence-electron chi connectivity index (χ2n) is 7.37. The summed E-state index contributed by atoms with van der Waals surface area (Å²) in [5, 5.41) is 10.0. The molecule has 5 nitrogen and oxygen atoms in total. The van der Waals surface area contributed by atoms with Crippen molar-refractivity contribution in [2.24, 2.45) is 0 Å². The lowest BCUT2D eigenvalue weighted by atomic mass is 10.1. The molecule has 0 amide bonds. The number of nitrogens with zero attached hydrogens (tertiary/aromatic N) is 4. The Kier molecular flexibility index (Phi) is 6.36. The van der Waals surface area contributed by atoms with Crippen molar-refractivity contribution in [1.29, 1.82) is 0 Å². The summed E-state index contributed by atoms with van der Waals surface area (Å²) in [5.41, 5.74) is 1.35. The molecule has 0 bridgehead atoms. The quantitative estimate of drug-likeness (QED) is 0.581. The van der Waals surface area contributed by atoms with E-state index < -0.39 is 0 Å². The van der Waals surface area contributed by atoms with Crippen molar-refractivity contribution >= 4 is 11.3 Å². The minimum absolute atomic E-state index is 0.105. The molecule has 8 heteroatoms.